The van der Waals surface area contributed by atoms with Crippen LogP contribution < -0.4 is 4.90 Å². The van der Waals surface area contributed by atoms with Crippen LogP contribution in [0.25, 0.3) is 74.7 Å². The number of hydrogen-bond donors (Lipinski definition) is 0. The number of nitrogens with zero attached hydrogens (tertiary/aromatic N) is 1. The van der Waals surface area contributed by atoms with E-state index in [9.17, 15) is 0 Å². The van der Waals surface area contributed by atoms with Crippen LogP contribution in [0.5, 0.6) is 0 Å². The first kappa shape index (κ1) is 29.7. The predicted octanol–water partition coefficient (Wildman–Crippen LogP) is 14.6. The van der Waals surface area contributed by atoms with E-state index >= 15 is 0 Å². The van der Waals surface area contributed by atoms with Gasteiger partial charge < -0.3 is 4.90 Å². The molecule has 0 aliphatic rings. The maximum absolute atomic E-state index is 2.42. The third-order valence-electron chi connectivity index (χ3n) is 10.3. The lowest BCUT2D eigenvalue weighted by molar-refractivity contribution is 1.28. The van der Waals surface area contributed by atoms with Crippen LogP contribution in [-0.2, 0) is 0 Å². The highest BCUT2D eigenvalue weighted by Gasteiger charge is 2.21. The minimum absolute atomic E-state index is 1.13. The second-order valence-electron chi connectivity index (χ2n) is 13.4. The lowest BCUT2D eigenvalue weighted by Crippen LogP contribution is -2.09. The van der Waals surface area contributed by atoms with E-state index in [0.29, 0.717) is 0 Å². The first-order valence-electron chi connectivity index (χ1n) is 17.5. The SMILES string of the molecule is Cc1ccc(N(c2ccccc2)c2ccc(-c3c4ccccc4c(-c4cccc5sc6ccccc6c45)c4cc5ccccc5cc34)cc2)cc1. The van der Waals surface area contributed by atoms with Crippen molar-refractivity contribution in [1.29, 1.82) is 0 Å². The maximum Gasteiger partial charge on any atom is 0.0462 e. The molecule has 0 saturated heterocycles. The summed E-state index contributed by atoms with van der Waals surface area (Å²) in [6, 6.07) is 66.9. The molecule has 0 spiro atoms. The molecule has 0 radical (unpaired) electrons. The molecule has 0 atom stereocenters. The van der Waals surface area contributed by atoms with Crippen molar-refractivity contribution in [2.24, 2.45) is 0 Å². The van der Waals surface area contributed by atoms with E-state index < -0.39 is 0 Å². The Balaban J connectivity index is 1.25. The number of rotatable bonds is 5. The van der Waals surface area contributed by atoms with Gasteiger partial charge in [-0.2, -0.15) is 0 Å². The second kappa shape index (κ2) is 12.0. The van der Waals surface area contributed by atoms with E-state index in [2.05, 4.69) is 194 Å². The zero-order valence-corrected chi connectivity index (χ0v) is 29.0. The van der Waals surface area contributed by atoms with E-state index in [4.69, 9.17) is 0 Å². The zero-order valence-electron chi connectivity index (χ0n) is 28.2. The van der Waals surface area contributed by atoms with Crippen LogP contribution in [0.3, 0.4) is 0 Å². The summed E-state index contributed by atoms with van der Waals surface area (Å²) in [7, 11) is 0. The van der Waals surface area contributed by atoms with E-state index in [1.165, 1.54) is 80.3 Å². The first-order chi connectivity index (χ1) is 25.2. The van der Waals surface area contributed by atoms with Crippen molar-refractivity contribution < 1.29 is 0 Å². The van der Waals surface area contributed by atoms with Gasteiger partial charge >= 0.3 is 0 Å². The third kappa shape index (κ3) is 4.91. The molecule has 0 aliphatic heterocycles. The summed E-state index contributed by atoms with van der Waals surface area (Å²) < 4.78 is 2.65. The average Bonchev–Trinajstić information content (AvgIpc) is 3.57. The Labute approximate surface area is 301 Å². The summed E-state index contributed by atoms with van der Waals surface area (Å²) in [5, 5.41) is 10.2. The van der Waals surface area contributed by atoms with Crippen LogP contribution in [0.1, 0.15) is 5.56 Å². The van der Waals surface area contributed by atoms with Crippen molar-refractivity contribution in [3.63, 3.8) is 0 Å². The Hall–Kier alpha value is -6.22. The fourth-order valence-corrected chi connectivity index (χ4v) is 9.07. The molecular weight excluding hydrogens is 635 g/mol. The number of anilines is 3. The van der Waals surface area contributed by atoms with Gasteiger partial charge in [-0.3, -0.25) is 0 Å². The van der Waals surface area contributed by atoms with E-state index in [1.54, 1.807) is 0 Å². The molecule has 10 aromatic rings. The summed E-state index contributed by atoms with van der Waals surface area (Å²) in [6.07, 6.45) is 0. The van der Waals surface area contributed by atoms with Crippen molar-refractivity contribution >= 4 is 80.9 Å². The van der Waals surface area contributed by atoms with Gasteiger partial charge in [0.25, 0.3) is 0 Å². The number of aryl methyl sites for hydroxylation is 1. The summed E-state index contributed by atoms with van der Waals surface area (Å²) in [5.74, 6) is 0. The molecule has 1 aromatic heterocycles. The van der Waals surface area contributed by atoms with Gasteiger partial charge in [-0.25, -0.2) is 0 Å². The second-order valence-corrected chi connectivity index (χ2v) is 14.5. The Morgan fingerprint density at radius 1 is 0.392 bits per heavy atom. The fourth-order valence-electron chi connectivity index (χ4n) is 7.94. The smallest absolute Gasteiger partial charge is 0.0462 e. The normalized spacial score (nSPS) is 11.6. The van der Waals surface area contributed by atoms with Gasteiger partial charge in [-0.1, -0.05) is 127 Å². The van der Waals surface area contributed by atoms with Gasteiger partial charge in [-0.15, -0.1) is 11.3 Å². The molecule has 0 unspecified atom stereocenters. The van der Waals surface area contributed by atoms with Crippen LogP contribution in [0.4, 0.5) is 17.1 Å². The molecule has 0 saturated carbocycles. The molecule has 9 aromatic carbocycles. The topological polar surface area (TPSA) is 3.24 Å². The number of benzene rings is 9. The van der Waals surface area contributed by atoms with Crippen LogP contribution >= 0.6 is 11.3 Å². The van der Waals surface area contributed by atoms with Crippen molar-refractivity contribution in [1.82, 2.24) is 0 Å². The molecule has 0 fully saturated rings. The molecule has 1 heterocycles. The fraction of sp³-hybridized carbons (Fsp3) is 0.0204. The highest BCUT2D eigenvalue weighted by Crippen LogP contribution is 2.49. The molecule has 0 aliphatic carbocycles. The lowest BCUT2D eigenvalue weighted by Gasteiger charge is -2.26. The van der Waals surface area contributed by atoms with Crippen molar-refractivity contribution in [3.05, 3.63) is 188 Å². The number of fused-ring (bicyclic) bond motifs is 6. The predicted molar refractivity (Wildman–Crippen MR) is 222 cm³/mol. The van der Waals surface area contributed by atoms with Gasteiger partial charge in [-0.05, 0) is 122 Å². The number of para-hydroxylation sites is 1. The minimum atomic E-state index is 1.13. The third-order valence-corrected chi connectivity index (χ3v) is 11.4. The Bertz CT molecular complexity index is 2900. The van der Waals surface area contributed by atoms with E-state index in [0.717, 1.165) is 17.1 Å². The molecule has 10 rings (SSSR count). The van der Waals surface area contributed by atoms with Gasteiger partial charge in [0.15, 0.2) is 0 Å². The lowest BCUT2D eigenvalue weighted by atomic mass is 9.84. The standard InChI is InChI=1S/C49H33NS/c1-32-22-26-37(27-23-32)50(36-14-3-2-4-15-36)38-28-24-33(25-29-38)47-39-16-7-8-17-40(39)48(44-31-35-13-6-5-12-34(35)30-43(44)47)42-19-11-21-46-49(42)41-18-9-10-20-45(41)51-46/h2-31H,1H3. The molecule has 1 nitrogen and oxygen atoms in total. The van der Waals surface area contributed by atoms with Gasteiger partial charge in [0, 0.05) is 37.2 Å². The molecule has 0 amide bonds. The Kier molecular flexibility index (Phi) is 6.97. The maximum atomic E-state index is 2.42. The highest BCUT2D eigenvalue weighted by molar-refractivity contribution is 7.25. The van der Waals surface area contributed by atoms with Crippen LogP contribution in [0, 0.1) is 6.92 Å². The van der Waals surface area contributed by atoms with Crippen molar-refractivity contribution in [2.45, 2.75) is 6.92 Å². The average molecular weight is 668 g/mol. The largest absolute Gasteiger partial charge is 0.311 e. The number of thiophene rings is 1. The molecule has 51 heavy (non-hydrogen) atoms. The quantitative estimate of drug-likeness (QED) is 0.165. The summed E-state index contributed by atoms with van der Waals surface area (Å²) in [5.41, 5.74) is 9.72. The Morgan fingerprint density at radius 3 is 1.63 bits per heavy atom. The van der Waals surface area contributed by atoms with E-state index in [1.807, 2.05) is 11.3 Å². The van der Waals surface area contributed by atoms with Crippen LogP contribution in [0.15, 0.2) is 182 Å². The molecule has 240 valence electrons. The molecule has 0 N–H and O–H groups in total. The minimum Gasteiger partial charge on any atom is -0.311 e. The summed E-state index contributed by atoms with van der Waals surface area (Å²) >= 11 is 1.88. The van der Waals surface area contributed by atoms with Crippen LogP contribution in [-0.4, -0.2) is 0 Å². The molecule has 0 bridgehead atoms. The monoisotopic (exact) mass is 667 g/mol. The van der Waals surface area contributed by atoms with Crippen LogP contribution in [0.2, 0.25) is 0 Å². The summed E-state index contributed by atoms with van der Waals surface area (Å²) in [6.45, 7) is 2.14. The van der Waals surface area contributed by atoms with Gasteiger partial charge in [0.05, 0.1) is 0 Å². The van der Waals surface area contributed by atoms with E-state index in [-0.39, 0.29) is 0 Å². The highest BCUT2D eigenvalue weighted by atomic mass is 32.1. The molecule has 2 heteroatoms. The first-order valence-corrected chi connectivity index (χ1v) is 18.3. The van der Waals surface area contributed by atoms with Gasteiger partial charge in [0.1, 0.15) is 0 Å². The van der Waals surface area contributed by atoms with Gasteiger partial charge in [0.2, 0.25) is 0 Å². The number of hydrogen-bond acceptors (Lipinski definition) is 2. The van der Waals surface area contributed by atoms with Crippen molar-refractivity contribution in [3.8, 4) is 22.3 Å². The Morgan fingerprint density at radius 2 is 0.922 bits per heavy atom. The van der Waals surface area contributed by atoms with Crippen molar-refractivity contribution in [2.75, 3.05) is 4.90 Å². The molecular formula is C49H33NS. The summed E-state index contributed by atoms with van der Waals surface area (Å²) in [4.78, 5) is 2.34. The zero-order chi connectivity index (χ0) is 33.9.